The molecule has 272 valence electrons. The average Bonchev–Trinajstić information content (AvgIpc) is 3.97. The third kappa shape index (κ3) is 5.12. The molecule has 0 N–H and O–H groups in total. The SMILES string of the molecule is c1ccc(-n2c3ccccc3c3ccc(N(c4ccc(-c5cccc(-c6cccc7oc8ccccc8c67)c5)cc4)c4cccc5c4sc4ccccc45)cc32)cc1. The van der Waals surface area contributed by atoms with Crippen LogP contribution >= 0.6 is 11.3 Å². The van der Waals surface area contributed by atoms with Crippen LogP contribution in [0.4, 0.5) is 17.1 Å². The Labute approximate surface area is 338 Å². The van der Waals surface area contributed by atoms with Gasteiger partial charge in [-0.3, -0.25) is 0 Å². The van der Waals surface area contributed by atoms with Crippen molar-refractivity contribution in [1.82, 2.24) is 4.57 Å². The predicted octanol–water partition coefficient (Wildman–Crippen LogP) is 15.9. The van der Waals surface area contributed by atoms with Crippen LogP contribution in [0, 0.1) is 0 Å². The molecule has 3 nitrogen and oxygen atoms in total. The maximum atomic E-state index is 6.24. The van der Waals surface area contributed by atoms with Crippen molar-refractivity contribution < 1.29 is 4.42 Å². The number of benzene rings is 9. The second kappa shape index (κ2) is 13.1. The lowest BCUT2D eigenvalue weighted by atomic mass is 9.96. The van der Waals surface area contributed by atoms with Gasteiger partial charge in [-0.1, -0.05) is 133 Å². The Hall–Kier alpha value is -7.40. The van der Waals surface area contributed by atoms with Gasteiger partial charge in [-0.2, -0.15) is 0 Å². The summed E-state index contributed by atoms with van der Waals surface area (Å²) in [5, 5.41) is 7.33. The van der Waals surface area contributed by atoms with Crippen molar-refractivity contribution in [3.8, 4) is 27.9 Å². The Bertz CT molecular complexity index is 3520. The van der Waals surface area contributed by atoms with Gasteiger partial charge in [0.15, 0.2) is 0 Å². The van der Waals surface area contributed by atoms with Crippen molar-refractivity contribution in [2.24, 2.45) is 0 Å². The summed E-state index contributed by atoms with van der Waals surface area (Å²) in [6, 6.07) is 74.5. The van der Waals surface area contributed by atoms with Gasteiger partial charge in [-0.15, -0.1) is 11.3 Å². The van der Waals surface area contributed by atoms with Crippen molar-refractivity contribution in [3.05, 3.63) is 206 Å². The molecule has 58 heavy (non-hydrogen) atoms. The van der Waals surface area contributed by atoms with Crippen LogP contribution < -0.4 is 4.90 Å². The molecule has 0 atom stereocenters. The third-order valence-electron chi connectivity index (χ3n) is 11.6. The molecular weight excluding hydrogens is 725 g/mol. The van der Waals surface area contributed by atoms with Crippen LogP contribution in [0.5, 0.6) is 0 Å². The monoisotopic (exact) mass is 758 g/mol. The molecular formula is C54H34N2OS. The van der Waals surface area contributed by atoms with Gasteiger partial charge in [0.2, 0.25) is 0 Å². The molecule has 0 aliphatic rings. The summed E-state index contributed by atoms with van der Waals surface area (Å²) in [6.45, 7) is 0. The number of thiophene rings is 1. The van der Waals surface area contributed by atoms with Gasteiger partial charge in [0.05, 0.1) is 21.4 Å². The number of nitrogens with zero attached hydrogens (tertiary/aromatic N) is 2. The Morgan fingerprint density at radius 3 is 1.98 bits per heavy atom. The van der Waals surface area contributed by atoms with Gasteiger partial charge >= 0.3 is 0 Å². The Balaban J connectivity index is 1.02. The summed E-state index contributed by atoms with van der Waals surface area (Å²) in [5.74, 6) is 0. The van der Waals surface area contributed by atoms with Crippen LogP contribution in [0.1, 0.15) is 0 Å². The van der Waals surface area contributed by atoms with Gasteiger partial charge in [0.1, 0.15) is 11.2 Å². The van der Waals surface area contributed by atoms with E-state index in [0.29, 0.717) is 0 Å². The maximum Gasteiger partial charge on any atom is 0.136 e. The van der Waals surface area contributed by atoms with Gasteiger partial charge in [-0.25, -0.2) is 0 Å². The summed E-state index contributed by atoms with van der Waals surface area (Å²) in [7, 11) is 0. The van der Waals surface area contributed by atoms with Crippen LogP contribution in [-0.4, -0.2) is 4.57 Å². The molecule has 0 saturated carbocycles. The van der Waals surface area contributed by atoms with E-state index in [1.54, 1.807) is 0 Å². The van der Waals surface area contributed by atoms with E-state index in [4.69, 9.17) is 4.42 Å². The van der Waals surface area contributed by atoms with Crippen molar-refractivity contribution >= 4 is 92.3 Å². The summed E-state index contributed by atoms with van der Waals surface area (Å²) in [5.41, 5.74) is 13.4. The Kier molecular flexibility index (Phi) is 7.40. The number of hydrogen-bond donors (Lipinski definition) is 0. The van der Waals surface area contributed by atoms with Gasteiger partial charge in [0.25, 0.3) is 0 Å². The molecule has 9 aromatic carbocycles. The second-order valence-electron chi connectivity index (χ2n) is 14.9. The number of para-hydroxylation sites is 3. The smallest absolute Gasteiger partial charge is 0.136 e. The number of anilines is 3. The highest BCUT2D eigenvalue weighted by molar-refractivity contribution is 7.26. The number of hydrogen-bond acceptors (Lipinski definition) is 3. The zero-order chi connectivity index (χ0) is 38.2. The Morgan fingerprint density at radius 2 is 1.09 bits per heavy atom. The first-order chi connectivity index (χ1) is 28.8. The summed E-state index contributed by atoms with van der Waals surface area (Å²) >= 11 is 1.86. The second-order valence-corrected chi connectivity index (χ2v) is 15.9. The fourth-order valence-electron chi connectivity index (χ4n) is 8.97. The highest BCUT2D eigenvalue weighted by Gasteiger charge is 2.21. The minimum atomic E-state index is 0.907. The lowest BCUT2D eigenvalue weighted by Gasteiger charge is -2.26. The van der Waals surface area contributed by atoms with Crippen LogP contribution in [0.3, 0.4) is 0 Å². The van der Waals surface area contributed by atoms with E-state index in [1.165, 1.54) is 58.7 Å². The van der Waals surface area contributed by atoms with Gasteiger partial charge < -0.3 is 13.9 Å². The third-order valence-corrected chi connectivity index (χ3v) is 12.8. The standard InChI is InChI=1S/C54H34N2OS/c1-2-15-38(16-3-1)56-47-22-7-4-17-42(47)43-32-31-40(34-49(43)56)55(48-23-11-21-45-44-18-6-9-26-52(44)58-54(45)48)39-29-27-35(28-30-39)36-13-10-14-37(33-36)41-20-12-25-51-53(41)46-19-5-8-24-50(46)57-51/h1-34H. The lowest BCUT2D eigenvalue weighted by molar-refractivity contribution is 0.669. The summed E-state index contributed by atoms with van der Waals surface area (Å²) in [4.78, 5) is 2.44. The fourth-order valence-corrected chi connectivity index (χ4v) is 10.2. The van der Waals surface area contributed by atoms with Crippen molar-refractivity contribution in [1.29, 1.82) is 0 Å². The summed E-state index contributed by atoms with van der Waals surface area (Å²) < 4.78 is 11.2. The van der Waals surface area contributed by atoms with Crippen LogP contribution in [0.15, 0.2) is 211 Å². The minimum Gasteiger partial charge on any atom is -0.456 e. The van der Waals surface area contributed by atoms with E-state index in [-0.39, 0.29) is 0 Å². The number of rotatable bonds is 6. The first kappa shape index (κ1) is 32.8. The lowest BCUT2D eigenvalue weighted by Crippen LogP contribution is -2.10. The van der Waals surface area contributed by atoms with Gasteiger partial charge in [-0.05, 0) is 95.1 Å². The van der Waals surface area contributed by atoms with Gasteiger partial charge in [0, 0.05) is 54.1 Å². The van der Waals surface area contributed by atoms with Crippen LogP contribution in [0.2, 0.25) is 0 Å². The molecule has 3 aromatic heterocycles. The number of furan rings is 1. The molecule has 12 rings (SSSR count). The molecule has 0 fully saturated rings. The summed E-state index contributed by atoms with van der Waals surface area (Å²) in [6.07, 6.45) is 0. The zero-order valence-electron chi connectivity index (χ0n) is 31.3. The Morgan fingerprint density at radius 1 is 0.414 bits per heavy atom. The topological polar surface area (TPSA) is 21.3 Å². The van der Waals surface area contributed by atoms with Crippen LogP contribution in [-0.2, 0) is 0 Å². The molecule has 0 amide bonds. The molecule has 0 saturated heterocycles. The van der Waals surface area contributed by atoms with Crippen molar-refractivity contribution in [2.75, 3.05) is 4.90 Å². The maximum absolute atomic E-state index is 6.24. The quantitative estimate of drug-likeness (QED) is 0.168. The molecule has 0 aliphatic carbocycles. The van der Waals surface area contributed by atoms with Crippen LogP contribution in [0.25, 0.3) is 91.9 Å². The molecule has 0 spiro atoms. The molecule has 0 radical (unpaired) electrons. The first-order valence-electron chi connectivity index (χ1n) is 19.7. The predicted molar refractivity (Wildman–Crippen MR) is 247 cm³/mol. The molecule has 0 aliphatic heterocycles. The molecule has 4 heteroatoms. The normalized spacial score (nSPS) is 11.8. The molecule has 12 aromatic rings. The average molecular weight is 759 g/mol. The van der Waals surface area contributed by atoms with E-state index in [0.717, 1.165) is 50.3 Å². The number of aromatic nitrogens is 1. The van der Waals surface area contributed by atoms with E-state index in [1.807, 2.05) is 23.5 Å². The fraction of sp³-hybridized carbons (Fsp3) is 0. The number of fused-ring (bicyclic) bond motifs is 9. The van der Waals surface area contributed by atoms with E-state index >= 15 is 0 Å². The largest absolute Gasteiger partial charge is 0.456 e. The van der Waals surface area contributed by atoms with E-state index < -0.39 is 0 Å². The van der Waals surface area contributed by atoms with Crippen molar-refractivity contribution in [2.45, 2.75) is 0 Å². The highest BCUT2D eigenvalue weighted by atomic mass is 32.1. The molecule has 3 heterocycles. The highest BCUT2D eigenvalue weighted by Crippen LogP contribution is 2.46. The van der Waals surface area contributed by atoms with E-state index in [9.17, 15) is 0 Å². The van der Waals surface area contributed by atoms with E-state index in [2.05, 4.69) is 204 Å². The molecule has 0 bridgehead atoms. The minimum absolute atomic E-state index is 0.907. The zero-order valence-corrected chi connectivity index (χ0v) is 32.2. The first-order valence-corrected chi connectivity index (χ1v) is 20.5. The van der Waals surface area contributed by atoms with Crippen molar-refractivity contribution in [3.63, 3.8) is 0 Å². The molecule has 0 unspecified atom stereocenters.